The first kappa shape index (κ1) is 22.5. The van der Waals surface area contributed by atoms with Gasteiger partial charge in [0.2, 0.25) is 0 Å². The van der Waals surface area contributed by atoms with Crippen molar-refractivity contribution in [3.05, 3.63) is 76.1 Å². The first-order chi connectivity index (χ1) is 15.0. The van der Waals surface area contributed by atoms with Crippen LogP contribution in [-0.2, 0) is 15.6 Å². The van der Waals surface area contributed by atoms with Gasteiger partial charge in [-0.3, -0.25) is 4.98 Å². The number of hydrogen-bond acceptors (Lipinski definition) is 2. The largest absolute Gasteiger partial charge is 0.478 e. The highest BCUT2D eigenvalue weighted by molar-refractivity contribution is 5.89. The molecule has 0 amide bonds. The number of hydrogen-bond donors (Lipinski definition) is 1. The molecule has 0 saturated carbocycles. The summed E-state index contributed by atoms with van der Waals surface area (Å²) in [6.45, 7) is 13.6. The Kier molecular flexibility index (Phi) is 5.65. The van der Waals surface area contributed by atoms with E-state index in [0.717, 1.165) is 24.1 Å². The normalized spacial score (nSPS) is 21.8. The minimum Gasteiger partial charge on any atom is -0.478 e. The van der Waals surface area contributed by atoms with Crippen molar-refractivity contribution in [3.63, 3.8) is 0 Å². The zero-order valence-electron chi connectivity index (χ0n) is 20.2. The molecule has 1 unspecified atom stereocenters. The first-order valence-electron chi connectivity index (χ1n) is 11.7. The lowest BCUT2D eigenvalue weighted by Gasteiger charge is -2.42. The summed E-state index contributed by atoms with van der Waals surface area (Å²) in [5.74, 6) is -0.439. The Morgan fingerprint density at radius 3 is 2.34 bits per heavy atom. The summed E-state index contributed by atoms with van der Waals surface area (Å²) >= 11 is 0. The van der Waals surface area contributed by atoms with E-state index >= 15 is 0 Å². The molecule has 3 heteroatoms. The lowest BCUT2D eigenvalue weighted by Crippen LogP contribution is -2.34. The Bertz CT molecular complexity index is 1120. The zero-order valence-corrected chi connectivity index (χ0v) is 20.2. The molecule has 1 aromatic carbocycles. The SMILES string of the molecule is CC(=CC(=O)O)c1ccc(C2=CCC(c3cc4c(cc3C)C(C)(C)CCC4(C)C)C2)nc1. The Morgan fingerprint density at radius 2 is 1.75 bits per heavy atom. The summed E-state index contributed by atoms with van der Waals surface area (Å²) in [5, 5.41) is 8.96. The molecule has 1 heterocycles. The quantitative estimate of drug-likeness (QED) is 0.523. The Labute approximate surface area is 192 Å². The van der Waals surface area contributed by atoms with Crippen molar-refractivity contribution in [1.29, 1.82) is 0 Å². The average molecular weight is 430 g/mol. The van der Waals surface area contributed by atoms with Crippen molar-refractivity contribution in [2.24, 2.45) is 0 Å². The number of allylic oxidation sites excluding steroid dienone is 3. The van der Waals surface area contributed by atoms with E-state index in [2.05, 4.69) is 57.8 Å². The van der Waals surface area contributed by atoms with Gasteiger partial charge in [0, 0.05) is 12.3 Å². The van der Waals surface area contributed by atoms with Gasteiger partial charge in [0.15, 0.2) is 0 Å². The second kappa shape index (κ2) is 8.03. The number of carbonyl (C=O) groups is 1. The highest BCUT2D eigenvalue weighted by Gasteiger charge is 2.38. The van der Waals surface area contributed by atoms with E-state index in [1.165, 1.54) is 46.7 Å². The van der Waals surface area contributed by atoms with Crippen LogP contribution >= 0.6 is 0 Å². The van der Waals surface area contributed by atoms with Crippen molar-refractivity contribution >= 4 is 17.1 Å². The number of benzene rings is 1. The molecule has 1 aromatic heterocycles. The summed E-state index contributed by atoms with van der Waals surface area (Å²) in [6.07, 6.45) is 9.86. The summed E-state index contributed by atoms with van der Waals surface area (Å²) in [6, 6.07) is 8.98. The number of aromatic nitrogens is 1. The van der Waals surface area contributed by atoms with Crippen molar-refractivity contribution < 1.29 is 9.90 Å². The number of aliphatic carboxylic acids is 1. The molecule has 0 saturated heterocycles. The predicted molar refractivity (Wildman–Crippen MR) is 132 cm³/mol. The van der Waals surface area contributed by atoms with E-state index in [0.29, 0.717) is 11.5 Å². The average Bonchev–Trinajstić information content (AvgIpc) is 3.21. The van der Waals surface area contributed by atoms with E-state index < -0.39 is 5.97 Å². The van der Waals surface area contributed by atoms with Crippen molar-refractivity contribution in [1.82, 2.24) is 4.98 Å². The van der Waals surface area contributed by atoms with Gasteiger partial charge in [0.1, 0.15) is 0 Å². The number of aryl methyl sites for hydroxylation is 1. The van der Waals surface area contributed by atoms with Gasteiger partial charge in [0.05, 0.1) is 5.69 Å². The van der Waals surface area contributed by atoms with Gasteiger partial charge in [-0.2, -0.15) is 0 Å². The fourth-order valence-electron chi connectivity index (χ4n) is 5.43. The van der Waals surface area contributed by atoms with E-state index in [1.54, 1.807) is 13.1 Å². The van der Waals surface area contributed by atoms with Crippen LogP contribution in [0.25, 0.3) is 11.1 Å². The number of carboxylic acid groups (broad SMARTS) is 1. The summed E-state index contributed by atoms with van der Waals surface area (Å²) in [7, 11) is 0. The smallest absolute Gasteiger partial charge is 0.328 e. The molecule has 1 N–H and O–H groups in total. The second-order valence-electron chi connectivity index (χ2n) is 11.0. The van der Waals surface area contributed by atoms with E-state index in [-0.39, 0.29) is 10.8 Å². The molecular weight excluding hydrogens is 394 g/mol. The summed E-state index contributed by atoms with van der Waals surface area (Å²) in [5.41, 5.74) is 10.3. The van der Waals surface area contributed by atoms with Gasteiger partial charge in [-0.15, -0.1) is 0 Å². The number of carboxylic acids is 1. The molecule has 0 aliphatic heterocycles. The monoisotopic (exact) mass is 429 g/mol. The number of pyridine rings is 1. The maximum absolute atomic E-state index is 10.9. The molecule has 2 aromatic rings. The molecule has 4 rings (SSSR count). The van der Waals surface area contributed by atoms with Gasteiger partial charge in [0.25, 0.3) is 0 Å². The third-order valence-corrected chi connectivity index (χ3v) is 7.68. The molecule has 2 aliphatic carbocycles. The van der Waals surface area contributed by atoms with Crippen LogP contribution in [0.3, 0.4) is 0 Å². The lowest BCUT2D eigenvalue weighted by atomic mass is 9.62. The fourth-order valence-corrected chi connectivity index (χ4v) is 5.43. The van der Waals surface area contributed by atoms with Gasteiger partial charge in [-0.05, 0) is 101 Å². The van der Waals surface area contributed by atoms with Crippen LogP contribution in [0.1, 0.15) is 99.7 Å². The Morgan fingerprint density at radius 1 is 1.09 bits per heavy atom. The van der Waals surface area contributed by atoms with Crippen molar-refractivity contribution in [2.75, 3.05) is 0 Å². The Hall–Kier alpha value is -2.68. The summed E-state index contributed by atoms with van der Waals surface area (Å²) < 4.78 is 0. The zero-order chi connectivity index (χ0) is 23.3. The molecule has 0 radical (unpaired) electrons. The fraction of sp³-hybridized carbons (Fsp3) is 0.448. The third-order valence-electron chi connectivity index (χ3n) is 7.68. The number of nitrogens with zero attached hydrogens (tertiary/aromatic N) is 1. The van der Waals surface area contributed by atoms with E-state index in [1.807, 2.05) is 12.1 Å². The molecule has 3 nitrogen and oxygen atoms in total. The van der Waals surface area contributed by atoms with Crippen LogP contribution in [0.5, 0.6) is 0 Å². The molecule has 0 spiro atoms. The van der Waals surface area contributed by atoms with Gasteiger partial charge >= 0.3 is 5.97 Å². The molecular formula is C29H35NO2. The standard InChI is InChI=1S/C29H35NO2/c1-18(14-27(31)32)22-9-10-26(30-17-22)21-8-7-20(15-21)23-16-25-24(13-19(23)2)28(3,4)11-12-29(25,5)6/h8-10,13-14,16-17,20H,7,11-12,15H2,1-6H3,(H,31,32). The topological polar surface area (TPSA) is 50.2 Å². The number of fused-ring (bicyclic) bond motifs is 1. The predicted octanol–water partition coefficient (Wildman–Crippen LogP) is 7.19. The maximum atomic E-state index is 10.9. The van der Waals surface area contributed by atoms with Crippen molar-refractivity contribution in [2.45, 2.75) is 84.0 Å². The molecule has 1 atom stereocenters. The van der Waals surface area contributed by atoms with E-state index in [4.69, 9.17) is 5.11 Å². The minimum absolute atomic E-state index is 0.223. The number of rotatable bonds is 4. The lowest BCUT2D eigenvalue weighted by molar-refractivity contribution is -0.131. The van der Waals surface area contributed by atoms with Gasteiger partial charge in [-0.1, -0.05) is 52.0 Å². The molecule has 0 fully saturated rings. The highest BCUT2D eigenvalue weighted by Crippen LogP contribution is 2.48. The highest BCUT2D eigenvalue weighted by atomic mass is 16.4. The van der Waals surface area contributed by atoms with Crippen LogP contribution in [0.2, 0.25) is 0 Å². The van der Waals surface area contributed by atoms with Gasteiger partial charge in [-0.25, -0.2) is 4.79 Å². The molecule has 32 heavy (non-hydrogen) atoms. The minimum atomic E-state index is -0.931. The molecule has 168 valence electrons. The van der Waals surface area contributed by atoms with Crippen LogP contribution in [0, 0.1) is 6.92 Å². The second-order valence-corrected chi connectivity index (χ2v) is 11.0. The van der Waals surface area contributed by atoms with E-state index in [9.17, 15) is 4.79 Å². The van der Waals surface area contributed by atoms with Crippen molar-refractivity contribution in [3.8, 4) is 0 Å². The van der Waals surface area contributed by atoms with Crippen LogP contribution in [0.4, 0.5) is 0 Å². The van der Waals surface area contributed by atoms with Crippen LogP contribution in [0.15, 0.2) is 42.6 Å². The molecule has 0 bridgehead atoms. The first-order valence-corrected chi connectivity index (χ1v) is 11.7. The van der Waals surface area contributed by atoms with Crippen LogP contribution in [-0.4, -0.2) is 16.1 Å². The molecule has 2 aliphatic rings. The Balaban J connectivity index is 1.58. The summed E-state index contributed by atoms with van der Waals surface area (Å²) in [4.78, 5) is 15.6. The van der Waals surface area contributed by atoms with Gasteiger partial charge < -0.3 is 5.11 Å². The maximum Gasteiger partial charge on any atom is 0.328 e. The third kappa shape index (κ3) is 4.18. The van der Waals surface area contributed by atoms with Crippen LogP contribution < -0.4 is 0 Å².